The zero-order valence-electron chi connectivity index (χ0n) is 19.3. The Labute approximate surface area is 202 Å². The number of anilines is 1. The molecule has 9 nitrogen and oxygen atoms in total. The number of carboxylic acids is 1. The number of rotatable bonds is 6. The standard InChI is InChI=1S/C26H26N4O5/c1-29-14-21(25(33)30-12-6-7-16(30)13-23(31)32)24(28-29)27-26(34)35-15-22-19-10-4-2-8-17(19)18-9-3-5-11-20(18)22/h2-5,8-11,14,16,22H,6-7,12-13,15H2,1H3,(H,31,32)(H,27,28,34)/t16-/m0/s1. The van der Waals surface area contributed by atoms with Crippen LogP contribution in [0.3, 0.4) is 0 Å². The van der Waals surface area contributed by atoms with Crippen molar-refractivity contribution in [2.45, 2.75) is 31.2 Å². The Balaban J connectivity index is 1.29. The molecule has 180 valence electrons. The zero-order valence-corrected chi connectivity index (χ0v) is 19.3. The molecule has 1 atom stereocenters. The number of hydrogen-bond donors (Lipinski definition) is 2. The third-order valence-electron chi connectivity index (χ3n) is 6.67. The van der Waals surface area contributed by atoms with Gasteiger partial charge >= 0.3 is 12.1 Å². The highest BCUT2D eigenvalue weighted by molar-refractivity contribution is 6.02. The molecule has 2 aliphatic rings. The second kappa shape index (κ2) is 9.25. The molecule has 0 saturated carbocycles. The summed E-state index contributed by atoms with van der Waals surface area (Å²) in [7, 11) is 1.65. The first-order valence-corrected chi connectivity index (χ1v) is 11.6. The van der Waals surface area contributed by atoms with Crippen molar-refractivity contribution in [1.82, 2.24) is 14.7 Å². The molecule has 9 heteroatoms. The lowest BCUT2D eigenvalue weighted by Gasteiger charge is -2.23. The lowest BCUT2D eigenvalue weighted by Crippen LogP contribution is -2.37. The highest BCUT2D eigenvalue weighted by atomic mass is 16.5. The molecular weight excluding hydrogens is 448 g/mol. The van der Waals surface area contributed by atoms with E-state index in [4.69, 9.17) is 9.84 Å². The number of aryl methyl sites for hydroxylation is 1. The van der Waals surface area contributed by atoms with Crippen molar-refractivity contribution in [3.05, 3.63) is 71.4 Å². The number of amides is 2. The molecule has 1 fully saturated rings. The molecule has 3 aromatic rings. The summed E-state index contributed by atoms with van der Waals surface area (Å²) in [5.74, 6) is -1.29. The number of carbonyl (C=O) groups excluding carboxylic acids is 2. The van der Waals surface area contributed by atoms with Crippen LogP contribution in [0.15, 0.2) is 54.7 Å². The van der Waals surface area contributed by atoms with E-state index in [0.29, 0.717) is 13.0 Å². The third kappa shape index (κ3) is 4.37. The van der Waals surface area contributed by atoms with Gasteiger partial charge < -0.3 is 14.7 Å². The molecule has 0 bridgehead atoms. The van der Waals surface area contributed by atoms with Crippen LogP contribution in [0.2, 0.25) is 0 Å². The van der Waals surface area contributed by atoms with E-state index in [1.807, 2.05) is 36.4 Å². The molecule has 0 radical (unpaired) electrons. The van der Waals surface area contributed by atoms with E-state index in [2.05, 4.69) is 22.5 Å². The second-order valence-corrected chi connectivity index (χ2v) is 8.91. The van der Waals surface area contributed by atoms with Gasteiger partial charge in [-0.05, 0) is 35.1 Å². The number of ether oxygens (including phenoxy) is 1. The van der Waals surface area contributed by atoms with Crippen molar-refractivity contribution < 1.29 is 24.2 Å². The number of carbonyl (C=O) groups is 3. The van der Waals surface area contributed by atoms with Gasteiger partial charge in [0.15, 0.2) is 5.82 Å². The number of carboxylic acid groups (broad SMARTS) is 1. The average Bonchev–Trinajstić information content (AvgIpc) is 3.53. The molecule has 1 aromatic heterocycles. The number of fused-ring (bicyclic) bond motifs is 3. The van der Waals surface area contributed by atoms with Gasteiger partial charge in [-0.3, -0.25) is 19.6 Å². The SMILES string of the molecule is Cn1cc(C(=O)N2CCC[C@H]2CC(=O)O)c(NC(=O)OCC2c3ccccc3-c3ccccc32)n1. The molecule has 2 heterocycles. The van der Waals surface area contributed by atoms with Crippen LogP contribution in [0, 0.1) is 0 Å². The van der Waals surface area contributed by atoms with E-state index in [9.17, 15) is 14.4 Å². The minimum absolute atomic E-state index is 0.0839. The van der Waals surface area contributed by atoms with E-state index in [-0.39, 0.29) is 42.3 Å². The maximum atomic E-state index is 13.2. The van der Waals surface area contributed by atoms with Gasteiger partial charge in [-0.2, -0.15) is 5.10 Å². The minimum atomic E-state index is -0.946. The molecular formula is C26H26N4O5. The Morgan fingerprint density at radius 1 is 1.09 bits per heavy atom. The predicted octanol–water partition coefficient (Wildman–Crippen LogP) is 3.86. The molecule has 35 heavy (non-hydrogen) atoms. The van der Waals surface area contributed by atoms with E-state index in [0.717, 1.165) is 28.7 Å². The highest BCUT2D eigenvalue weighted by Crippen LogP contribution is 2.44. The van der Waals surface area contributed by atoms with Gasteiger partial charge in [0.2, 0.25) is 0 Å². The van der Waals surface area contributed by atoms with Crippen LogP contribution >= 0.6 is 0 Å². The maximum absolute atomic E-state index is 13.2. The summed E-state index contributed by atoms with van der Waals surface area (Å²) in [6.45, 7) is 0.610. The van der Waals surface area contributed by atoms with Crippen LogP contribution in [-0.2, 0) is 16.6 Å². The number of aliphatic carboxylic acids is 1. The molecule has 0 unspecified atom stereocenters. The molecule has 2 N–H and O–H groups in total. The Kier molecular flexibility index (Phi) is 5.98. The molecule has 1 aliphatic heterocycles. The quantitative estimate of drug-likeness (QED) is 0.561. The maximum Gasteiger partial charge on any atom is 0.412 e. The molecule has 2 aromatic carbocycles. The Hall–Kier alpha value is -4.14. The zero-order chi connectivity index (χ0) is 24.5. The summed E-state index contributed by atoms with van der Waals surface area (Å²) < 4.78 is 7.02. The topological polar surface area (TPSA) is 114 Å². The second-order valence-electron chi connectivity index (χ2n) is 8.91. The monoisotopic (exact) mass is 474 g/mol. The van der Waals surface area contributed by atoms with Crippen LogP contribution in [0.25, 0.3) is 11.1 Å². The molecule has 5 rings (SSSR count). The Morgan fingerprint density at radius 2 is 1.74 bits per heavy atom. The number of nitrogens with zero attached hydrogens (tertiary/aromatic N) is 3. The third-order valence-corrected chi connectivity index (χ3v) is 6.67. The number of benzene rings is 2. The lowest BCUT2D eigenvalue weighted by molar-refractivity contribution is -0.137. The van der Waals surface area contributed by atoms with Gasteiger partial charge in [0, 0.05) is 31.7 Å². The van der Waals surface area contributed by atoms with E-state index in [1.54, 1.807) is 11.9 Å². The van der Waals surface area contributed by atoms with Gasteiger partial charge in [0.1, 0.15) is 12.2 Å². The van der Waals surface area contributed by atoms with Crippen molar-refractivity contribution in [2.24, 2.45) is 7.05 Å². The molecule has 2 amide bonds. The van der Waals surface area contributed by atoms with Crippen molar-refractivity contribution in [3.63, 3.8) is 0 Å². The fourth-order valence-corrected chi connectivity index (χ4v) is 5.14. The van der Waals surface area contributed by atoms with E-state index in [1.165, 1.54) is 10.9 Å². The Morgan fingerprint density at radius 3 is 2.40 bits per heavy atom. The predicted molar refractivity (Wildman–Crippen MR) is 128 cm³/mol. The summed E-state index contributed by atoms with van der Waals surface area (Å²) in [6, 6.07) is 15.8. The van der Waals surface area contributed by atoms with Gasteiger partial charge in [0.25, 0.3) is 5.91 Å². The largest absolute Gasteiger partial charge is 0.481 e. The van der Waals surface area contributed by atoms with Gasteiger partial charge in [-0.15, -0.1) is 0 Å². The first kappa shape index (κ1) is 22.6. The van der Waals surface area contributed by atoms with Crippen LogP contribution in [-0.4, -0.2) is 57.0 Å². The smallest absolute Gasteiger partial charge is 0.412 e. The van der Waals surface area contributed by atoms with Crippen LogP contribution in [0.4, 0.5) is 10.6 Å². The summed E-state index contributed by atoms with van der Waals surface area (Å²) in [6.07, 6.45) is 2.08. The van der Waals surface area contributed by atoms with Crippen molar-refractivity contribution in [3.8, 4) is 11.1 Å². The van der Waals surface area contributed by atoms with E-state index >= 15 is 0 Å². The Bertz CT molecular complexity index is 1250. The lowest BCUT2D eigenvalue weighted by atomic mass is 9.98. The van der Waals surface area contributed by atoms with Crippen molar-refractivity contribution in [2.75, 3.05) is 18.5 Å². The highest BCUT2D eigenvalue weighted by Gasteiger charge is 2.34. The minimum Gasteiger partial charge on any atom is -0.481 e. The van der Waals surface area contributed by atoms with Crippen molar-refractivity contribution in [1.29, 1.82) is 0 Å². The summed E-state index contributed by atoms with van der Waals surface area (Å²) in [5.41, 5.74) is 4.69. The fraction of sp³-hybridized carbons (Fsp3) is 0.308. The van der Waals surface area contributed by atoms with Gasteiger partial charge in [-0.1, -0.05) is 48.5 Å². The average molecular weight is 475 g/mol. The first-order chi connectivity index (χ1) is 16.9. The van der Waals surface area contributed by atoms with Gasteiger partial charge in [0.05, 0.1) is 6.42 Å². The number of likely N-dealkylation sites (tertiary alicyclic amines) is 1. The fourth-order valence-electron chi connectivity index (χ4n) is 5.14. The summed E-state index contributed by atoms with van der Waals surface area (Å²) >= 11 is 0. The van der Waals surface area contributed by atoms with E-state index < -0.39 is 12.1 Å². The van der Waals surface area contributed by atoms with Crippen LogP contribution in [0.1, 0.15) is 46.7 Å². The number of hydrogen-bond acceptors (Lipinski definition) is 5. The number of nitrogens with one attached hydrogen (secondary N) is 1. The van der Waals surface area contributed by atoms with Crippen LogP contribution in [0.5, 0.6) is 0 Å². The van der Waals surface area contributed by atoms with Crippen LogP contribution < -0.4 is 5.32 Å². The van der Waals surface area contributed by atoms with Gasteiger partial charge in [-0.25, -0.2) is 4.79 Å². The summed E-state index contributed by atoms with van der Waals surface area (Å²) in [5, 5.41) is 16.0. The van der Waals surface area contributed by atoms with Crippen molar-refractivity contribution >= 4 is 23.8 Å². The first-order valence-electron chi connectivity index (χ1n) is 11.6. The number of aromatic nitrogens is 2. The molecule has 1 saturated heterocycles. The normalized spacial score (nSPS) is 16.6. The summed E-state index contributed by atoms with van der Waals surface area (Å²) in [4.78, 5) is 38.6. The molecule has 0 spiro atoms. The molecule has 1 aliphatic carbocycles.